The molecule has 6 aromatic carbocycles. The van der Waals surface area contributed by atoms with Crippen molar-refractivity contribution in [3.05, 3.63) is 202 Å². The van der Waals surface area contributed by atoms with Crippen LogP contribution in [0.15, 0.2) is 132 Å². The highest BCUT2D eigenvalue weighted by atomic mass is 35.5. The molecule has 25 heteroatoms. The topological polar surface area (TPSA) is 215 Å². The van der Waals surface area contributed by atoms with E-state index in [1.807, 2.05) is 101 Å². The summed E-state index contributed by atoms with van der Waals surface area (Å²) >= 11 is 30.1. The minimum absolute atomic E-state index is 0.0457. The largest absolute Gasteiger partial charge is 0.477 e. The maximum Gasteiger partial charge on any atom is 0.270 e. The molecule has 20 nitrogen and oxygen atoms in total. The van der Waals surface area contributed by atoms with E-state index in [1.54, 1.807) is 82.4 Å². The lowest BCUT2D eigenvalue weighted by Gasteiger charge is -2.37. The molecule has 3 fully saturated rings. The fraction of sp³-hybridized carbons (Fsp3) is 0.320. The first-order chi connectivity index (χ1) is 48.2. The van der Waals surface area contributed by atoms with Crippen molar-refractivity contribution < 1.29 is 23.9 Å². The summed E-state index contributed by atoms with van der Waals surface area (Å²) in [5.41, 5.74) is 8.02. The van der Waals surface area contributed by atoms with Gasteiger partial charge in [-0.25, -0.2) is 9.97 Å². The minimum atomic E-state index is -0.305. The molecule has 6 heterocycles. The number of anilines is 3. The number of pyridine rings is 3. The summed E-state index contributed by atoms with van der Waals surface area (Å²) in [5.74, 6) is 0.490. The van der Waals surface area contributed by atoms with Gasteiger partial charge in [-0.2, -0.15) is 15.8 Å². The van der Waals surface area contributed by atoms with Crippen LogP contribution in [0.1, 0.15) is 66.2 Å². The van der Waals surface area contributed by atoms with Crippen LogP contribution in [-0.2, 0) is 7.05 Å². The van der Waals surface area contributed by atoms with Gasteiger partial charge in [-0.1, -0.05) is 106 Å². The van der Waals surface area contributed by atoms with Crippen LogP contribution in [0.3, 0.4) is 0 Å². The second-order valence-corrected chi connectivity index (χ2v) is 26.9. The van der Waals surface area contributed by atoms with Crippen molar-refractivity contribution in [1.29, 1.82) is 15.8 Å². The standard InChI is InChI=1S/C27H29Cl2N5O2.C26H27Cl2N5O2.C22H19ClN4O2/c1-18-5-8-24-20(15-18)25(21(17-30)26(31-24)36-14-4-9-32(2)3)33-10-12-34(13-11-33)27(35)19-6-7-22(28)23(29)16-19;1-31(2)10-5-15-35-25-20(17-29)24(19-6-3-4-7-23(19)30-25)32-11-13-33(14-12-32)26(34)18-8-9-21(27)22(28)16-18;1-25-19-5-3-2-4-17(19)20(18(14-24)22(25)29)26-10-12-27(13-11-26)21(28)15-6-8-16(23)9-7-15/h5-8,15-16H,4,9-14H2,1-3H3;3-4,6-9,16H,5,10-15H2,1-2H3;2-9H,10-13H2,1H3. The lowest BCUT2D eigenvalue weighted by molar-refractivity contribution is 0.0739. The SMILES string of the molecule is CN(C)CCCOc1nc2ccccc2c(N2CCN(C(=O)c3ccc(Cl)c(Cl)c3)CC2)c1C#N.Cc1ccc2nc(OCCCN(C)C)c(C#N)c(N3CCN(C(=O)c4ccc(Cl)c(Cl)c4)CC3)c2c1.Cn1c(=O)c(C#N)c(N2CCN(C(=O)c3ccc(Cl)cc3)CC2)c2ccccc21. The second-order valence-electron chi connectivity index (χ2n) is 24.9. The lowest BCUT2D eigenvalue weighted by atomic mass is 10.0. The molecule has 3 saturated heterocycles. The summed E-state index contributed by atoms with van der Waals surface area (Å²) in [6.07, 6.45) is 1.66. The molecule has 0 atom stereocenters. The summed E-state index contributed by atoms with van der Waals surface area (Å²) in [6, 6.07) is 44.8. The fourth-order valence-electron chi connectivity index (χ4n) is 12.4. The number of ether oxygens (including phenoxy) is 2. The van der Waals surface area contributed by atoms with Gasteiger partial charge in [0, 0.05) is 137 Å². The summed E-state index contributed by atoms with van der Waals surface area (Å²) in [7, 11) is 9.73. The smallest absolute Gasteiger partial charge is 0.270 e. The molecule has 12 rings (SSSR count). The zero-order chi connectivity index (χ0) is 71.3. The molecular formula is C75H75Cl5N14O6. The van der Waals surface area contributed by atoms with Crippen LogP contribution in [0, 0.1) is 40.9 Å². The summed E-state index contributed by atoms with van der Waals surface area (Å²) in [6.45, 7) is 11.2. The van der Waals surface area contributed by atoms with Crippen molar-refractivity contribution in [1.82, 2.24) is 39.0 Å². The van der Waals surface area contributed by atoms with Gasteiger partial charge in [-0.3, -0.25) is 19.2 Å². The van der Waals surface area contributed by atoms with Crippen molar-refractivity contribution >= 4 is 125 Å². The number of halogens is 5. The van der Waals surface area contributed by atoms with Crippen molar-refractivity contribution in [3.63, 3.8) is 0 Å². The molecule has 3 amide bonds. The van der Waals surface area contributed by atoms with Crippen molar-refractivity contribution in [2.24, 2.45) is 7.05 Å². The molecule has 0 unspecified atom stereocenters. The van der Waals surface area contributed by atoms with Crippen LogP contribution in [0.5, 0.6) is 11.8 Å². The minimum Gasteiger partial charge on any atom is -0.477 e. The summed E-state index contributed by atoms with van der Waals surface area (Å²) in [4.78, 5) is 76.8. The number of para-hydroxylation sites is 2. The molecular weight excluding hydrogens is 1370 g/mol. The van der Waals surface area contributed by atoms with E-state index in [1.165, 1.54) is 4.57 Å². The van der Waals surface area contributed by atoms with Crippen molar-refractivity contribution in [3.8, 4) is 30.0 Å². The number of fused-ring (bicyclic) bond motifs is 3. The molecule has 9 aromatic rings. The first-order valence-corrected chi connectivity index (χ1v) is 34.6. The Balaban J connectivity index is 0.000000163. The monoisotopic (exact) mass is 1440 g/mol. The van der Waals surface area contributed by atoms with Gasteiger partial charge in [-0.15, -0.1) is 0 Å². The molecule has 3 aromatic heterocycles. The number of benzene rings is 6. The van der Waals surface area contributed by atoms with Gasteiger partial charge >= 0.3 is 0 Å². The molecule has 516 valence electrons. The first kappa shape index (κ1) is 73.3. The lowest BCUT2D eigenvalue weighted by Crippen LogP contribution is -2.49. The third-order valence-corrected chi connectivity index (χ3v) is 19.3. The van der Waals surface area contributed by atoms with Gasteiger partial charge in [0.2, 0.25) is 11.8 Å². The Morgan fingerprint density at radius 2 is 0.870 bits per heavy atom. The molecule has 3 aliphatic heterocycles. The van der Waals surface area contributed by atoms with E-state index in [9.17, 15) is 35.0 Å². The van der Waals surface area contributed by atoms with Crippen LogP contribution < -0.4 is 29.7 Å². The second kappa shape index (κ2) is 33.6. The van der Waals surface area contributed by atoms with E-state index in [0.717, 1.165) is 75.6 Å². The molecule has 0 aliphatic carbocycles. The number of amides is 3. The highest BCUT2D eigenvalue weighted by molar-refractivity contribution is 6.42. The van der Waals surface area contributed by atoms with E-state index in [-0.39, 0.29) is 28.8 Å². The number of aryl methyl sites for hydroxylation is 2. The molecule has 0 spiro atoms. The zero-order valence-electron chi connectivity index (χ0n) is 56.5. The number of carbonyl (C=O) groups is 3. The third-order valence-electron chi connectivity index (χ3n) is 17.6. The van der Waals surface area contributed by atoms with Crippen LogP contribution >= 0.6 is 58.0 Å². The number of hydrogen-bond donors (Lipinski definition) is 0. The van der Waals surface area contributed by atoms with E-state index >= 15 is 0 Å². The van der Waals surface area contributed by atoms with Gasteiger partial charge < -0.3 is 53.2 Å². The number of aromatic nitrogens is 3. The highest BCUT2D eigenvalue weighted by Gasteiger charge is 2.31. The third kappa shape index (κ3) is 17.1. The van der Waals surface area contributed by atoms with E-state index in [0.29, 0.717) is 162 Å². The average Bonchev–Trinajstić information content (AvgIpc) is 0.774. The fourth-order valence-corrected chi connectivity index (χ4v) is 13.1. The van der Waals surface area contributed by atoms with Gasteiger partial charge in [0.25, 0.3) is 23.3 Å². The van der Waals surface area contributed by atoms with E-state index in [4.69, 9.17) is 67.5 Å². The average molecular weight is 1450 g/mol. The summed E-state index contributed by atoms with van der Waals surface area (Å²) < 4.78 is 13.5. The number of piperazine rings is 3. The number of rotatable bonds is 16. The van der Waals surface area contributed by atoms with Gasteiger partial charge in [0.05, 0.1) is 66.9 Å². The van der Waals surface area contributed by atoms with E-state index < -0.39 is 0 Å². The molecule has 3 aliphatic rings. The zero-order valence-corrected chi connectivity index (χ0v) is 60.2. The quantitative estimate of drug-likeness (QED) is 0.0822. The Morgan fingerprint density at radius 1 is 0.470 bits per heavy atom. The Hall–Kier alpha value is -9.40. The van der Waals surface area contributed by atoms with Crippen molar-refractivity contribution in [2.45, 2.75) is 19.8 Å². The van der Waals surface area contributed by atoms with Crippen molar-refractivity contribution in [2.75, 3.05) is 148 Å². The maximum absolute atomic E-state index is 13.1. The summed E-state index contributed by atoms with van der Waals surface area (Å²) in [5, 5.41) is 34.7. The number of nitriles is 3. The highest BCUT2D eigenvalue weighted by Crippen LogP contribution is 2.39. The van der Waals surface area contributed by atoms with Crippen LogP contribution in [0.25, 0.3) is 32.7 Å². The normalized spacial score (nSPS) is 13.9. The maximum atomic E-state index is 13.1. The Morgan fingerprint density at radius 3 is 1.32 bits per heavy atom. The molecule has 0 bridgehead atoms. The number of carbonyl (C=O) groups excluding carboxylic acids is 3. The molecule has 100 heavy (non-hydrogen) atoms. The molecule has 0 N–H and O–H groups in total. The van der Waals surface area contributed by atoms with Gasteiger partial charge in [0.1, 0.15) is 34.9 Å². The Kier molecular flexibility index (Phi) is 24.7. The number of hydrogen-bond acceptors (Lipinski definition) is 16. The van der Waals surface area contributed by atoms with Gasteiger partial charge in [0.15, 0.2) is 0 Å². The van der Waals surface area contributed by atoms with Crippen LogP contribution in [0.4, 0.5) is 17.1 Å². The van der Waals surface area contributed by atoms with E-state index in [2.05, 4.69) is 53.8 Å². The predicted octanol–water partition coefficient (Wildman–Crippen LogP) is 12.7. The molecule has 0 radical (unpaired) electrons. The first-order valence-electron chi connectivity index (χ1n) is 32.7. The molecule has 0 saturated carbocycles. The van der Waals surface area contributed by atoms with Gasteiger partial charge in [-0.05, 0) is 133 Å². The van der Waals surface area contributed by atoms with Crippen LogP contribution in [0.2, 0.25) is 25.1 Å². The number of nitrogens with zero attached hydrogens (tertiary/aromatic N) is 14. The predicted molar refractivity (Wildman–Crippen MR) is 398 cm³/mol. The Labute approximate surface area is 606 Å². The van der Waals surface area contributed by atoms with Crippen LogP contribution in [-0.4, -0.2) is 190 Å². The Bertz CT molecular complexity index is 4700.